The highest BCUT2D eigenvalue weighted by atomic mass is 16.4. The molecule has 1 fully saturated rings. The summed E-state index contributed by atoms with van der Waals surface area (Å²) in [5, 5.41) is 11.8. The van der Waals surface area contributed by atoms with E-state index in [4.69, 9.17) is 0 Å². The molecule has 2 unspecified atom stereocenters. The van der Waals surface area contributed by atoms with Crippen molar-refractivity contribution >= 4 is 17.8 Å². The largest absolute Gasteiger partial charge is 0.481 e. The second kappa shape index (κ2) is 7.89. The Morgan fingerprint density at radius 3 is 2.31 bits per heavy atom. The van der Waals surface area contributed by atoms with Gasteiger partial charge < -0.3 is 15.3 Å². The van der Waals surface area contributed by atoms with Crippen molar-refractivity contribution in [1.29, 1.82) is 0 Å². The molecule has 2 amide bonds. The van der Waals surface area contributed by atoms with Gasteiger partial charge in [0.1, 0.15) is 0 Å². The van der Waals surface area contributed by atoms with Crippen molar-refractivity contribution in [3.63, 3.8) is 0 Å². The summed E-state index contributed by atoms with van der Waals surface area (Å²) in [6.45, 7) is 8.84. The van der Waals surface area contributed by atoms with Crippen molar-refractivity contribution in [3.8, 4) is 0 Å². The normalized spacial score (nSPS) is 20.5. The Labute approximate surface area is 154 Å². The number of likely N-dealkylation sites (tertiary alicyclic amines) is 1. The molecule has 1 aromatic rings. The number of carbonyl (C=O) groups excluding carboxylic acids is 2. The van der Waals surface area contributed by atoms with E-state index in [1.54, 1.807) is 12.1 Å². The van der Waals surface area contributed by atoms with Crippen molar-refractivity contribution in [1.82, 2.24) is 10.2 Å². The fourth-order valence-corrected chi connectivity index (χ4v) is 3.23. The summed E-state index contributed by atoms with van der Waals surface area (Å²) >= 11 is 0. The summed E-state index contributed by atoms with van der Waals surface area (Å²) in [4.78, 5) is 37.4. The second-order valence-corrected chi connectivity index (χ2v) is 8.18. The van der Waals surface area contributed by atoms with Crippen LogP contribution in [0.2, 0.25) is 0 Å². The number of carbonyl (C=O) groups is 3. The minimum atomic E-state index is -0.877. The number of nitrogens with one attached hydrogen (secondary N) is 1. The van der Waals surface area contributed by atoms with Gasteiger partial charge in [0.2, 0.25) is 5.91 Å². The van der Waals surface area contributed by atoms with Gasteiger partial charge in [-0.1, -0.05) is 39.8 Å². The van der Waals surface area contributed by atoms with Crippen LogP contribution in [0.5, 0.6) is 0 Å². The average Bonchev–Trinajstić information content (AvgIpc) is 2.58. The molecule has 2 atom stereocenters. The summed E-state index contributed by atoms with van der Waals surface area (Å²) in [7, 11) is 0. The zero-order chi connectivity index (χ0) is 19.5. The summed E-state index contributed by atoms with van der Waals surface area (Å²) in [5.41, 5.74) is 1.64. The average molecular weight is 360 g/mol. The summed E-state index contributed by atoms with van der Waals surface area (Å²) in [6, 6.07) is 7.34. The molecule has 1 aliphatic heterocycles. The molecule has 0 bridgehead atoms. The van der Waals surface area contributed by atoms with Crippen LogP contribution in [0.25, 0.3) is 0 Å². The van der Waals surface area contributed by atoms with E-state index >= 15 is 0 Å². The Kier molecular flexibility index (Phi) is 6.05. The molecular weight excluding hydrogens is 332 g/mol. The molecule has 1 saturated heterocycles. The van der Waals surface area contributed by atoms with Crippen LogP contribution in [0.3, 0.4) is 0 Å². The van der Waals surface area contributed by atoms with E-state index < -0.39 is 11.9 Å². The zero-order valence-electron chi connectivity index (χ0n) is 15.9. The highest BCUT2D eigenvalue weighted by Gasteiger charge is 2.31. The third-order valence-corrected chi connectivity index (χ3v) is 4.77. The zero-order valence-corrected chi connectivity index (χ0v) is 15.9. The molecule has 0 saturated carbocycles. The Morgan fingerprint density at radius 2 is 1.77 bits per heavy atom. The maximum atomic E-state index is 12.4. The standard InChI is InChI=1S/C20H28N2O4/c1-13-9-15(19(25)26)12-22(11-13)17(23)10-21-18(24)14-5-7-16(8-6-14)20(2,3)4/h5-8,13,15H,9-12H2,1-4H3,(H,21,24)(H,25,26). The summed E-state index contributed by atoms with van der Waals surface area (Å²) in [6.07, 6.45) is 0.575. The van der Waals surface area contributed by atoms with E-state index in [9.17, 15) is 19.5 Å². The van der Waals surface area contributed by atoms with E-state index in [0.29, 0.717) is 18.5 Å². The van der Waals surface area contributed by atoms with E-state index in [1.165, 1.54) is 4.90 Å². The van der Waals surface area contributed by atoms with Gasteiger partial charge in [0.05, 0.1) is 12.5 Å². The lowest BCUT2D eigenvalue weighted by molar-refractivity contribution is -0.146. The number of nitrogens with zero attached hydrogens (tertiary/aromatic N) is 1. The molecule has 0 radical (unpaired) electrons. The number of rotatable bonds is 4. The van der Waals surface area contributed by atoms with Crippen LogP contribution in [0.15, 0.2) is 24.3 Å². The van der Waals surface area contributed by atoms with Crippen LogP contribution in [0.1, 0.15) is 50.0 Å². The Morgan fingerprint density at radius 1 is 1.15 bits per heavy atom. The molecule has 0 spiro atoms. The van der Waals surface area contributed by atoms with Crippen molar-refractivity contribution in [2.24, 2.45) is 11.8 Å². The van der Waals surface area contributed by atoms with Gasteiger partial charge in [-0.15, -0.1) is 0 Å². The third kappa shape index (κ3) is 5.07. The third-order valence-electron chi connectivity index (χ3n) is 4.77. The first-order valence-electron chi connectivity index (χ1n) is 8.97. The maximum absolute atomic E-state index is 12.4. The van der Waals surface area contributed by atoms with Gasteiger partial charge >= 0.3 is 5.97 Å². The first kappa shape index (κ1) is 19.9. The quantitative estimate of drug-likeness (QED) is 0.862. The van der Waals surface area contributed by atoms with Crippen LogP contribution in [0, 0.1) is 11.8 Å². The molecular formula is C20H28N2O4. The van der Waals surface area contributed by atoms with Crippen LogP contribution in [0.4, 0.5) is 0 Å². The monoisotopic (exact) mass is 360 g/mol. The topological polar surface area (TPSA) is 86.7 Å². The molecule has 1 heterocycles. The fraction of sp³-hybridized carbons (Fsp3) is 0.550. The van der Waals surface area contributed by atoms with Crippen molar-refractivity contribution in [2.45, 2.75) is 39.5 Å². The fourth-order valence-electron chi connectivity index (χ4n) is 3.23. The van der Waals surface area contributed by atoms with Crippen LogP contribution >= 0.6 is 0 Å². The van der Waals surface area contributed by atoms with Gasteiger partial charge in [0.15, 0.2) is 0 Å². The van der Waals surface area contributed by atoms with Gasteiger partial charge in [0, 0.05) is 18.7 Å². The van der Waals surface area contributed by atoms with Crippen molar-refractivity contribution < 1.29 is 19.5 Å². The van der Waals surface area contributed by atoms with Gasteiger partial charge in [-0.2, -0.15) is 0 Å². The number of piperidine rings is 1. The lowest BCUT2D eigenvalue weighted by atomic mass is 9.87. The molecule has 6 heteroatoms. The molecule has 0 aromatic heterocycles. The molecule has 6 nitrogen and oxygen atoms in total. The van der Waals surface area contributed by atoms with Gasteiger partial charge in [-0.3, -0.25) is 14.4 Å². The Hall–Kier alpha value is -2.37. The highest BCUT2D eigenvalue weighted by molar-refractivity contribution is 5.96. The molecule has 1 aromatic carbocycles. The lowest BCUT2D eigenvalue weighted by Gasteiger charge is -2.34. The molecule has 2 rings (SSSR count). The van der Waals surface area contributed by atoms with Gasteiger partial charge in [-0.05, 0) is 35.4 Å². The maximum Gasteiger partial charge on any atom is 0.308 e. The number of aliphatic carboxylic acids is 1. The Bertz CT molecular complexity index is 676. The van der Waals surface area contributed by atoms with Crippen molar-refractivity contribution in [3.05, 3.63) is 35.4 Å². The smallest absolute Gasteiger partial charge is 0.308 e. The van der Waals surface area contributed by atoms with E-state index in [2.05, 4.69) is 26.1 Å². The summed E-state index contributed by atoms with van der Waals surface area (Å²) < 4.78 is 0. The van der Waals surface area contributed by atoms with E-state index in [-0.39, 0.29) is 36.2 Å². The molecule has 0 aliphatic carbocycles. The molecule has 1 aliphatic rings. The lowest BCUT2D eigenvalue weighted by Crippen LogP contribution is -2.48. The predicted octanol–water partition coefficient (Wildman–Crippen LogP) is 2.28. The van der Waals surface area contributed by atoms with Crippen LogP contribution < -0.4 is 5.32 Å². The summed E-state index contributed by atoms with van der Waals surface area (Å²) in [5.74, 6) is -1.84. The number of hydrogen-bond acceptors (Lipinski definition) is 3. The first-order valence-corrected chi connectivity index (χ1v) is 8.97. The van der Waals surface area contributed by atoms with Gasteiger partial charge in [0.25, 0.3) is 5.91 Å². The first-order chi connectivity index (χ1) is 12.1. The number of carboxylic acid groups (broad SMARTS) is 1. The molecule has 26 heavy (non-hydrogen) atoms. The van der Waals surface area contributed by atoms with Crippen LogP contribution in [-0.4, -0.2) is 47.4 Å². The SMILES string of the molecule is CC1CC(C(=O)O)CN(C(=O)CNC(=O)c2ccc(C(C)(C)C)cc2)C1. The van der Waals surface area contributed by atoms with Crippen LogP contribution in [-0.2, 0) is 15.0 Å². The molecule has 2 N–H and O–H groups in total. The van der Waals surface area contributed by atoms with Crippen molar-refractivity contribution in [2.75, 3.05) is 19.6 Å². The number of carboxylic acids is 1. The minimum absolute atomic E-state index is 0.0105. The predicted molar refractivity (Wildman–Crippen MR) is 99.0 cm³/mol. The van der Waals surface area contributed by atoms with E-state index in [0.717, 1.165) is 5.56 Å². The van der Waals surface area contributed by atoms with Gasteiger partial charge in [-0.25, -0.2) is 0 Å². The van der Waals surface area contributed by atoms with E-state index in [1.807, 2.05) is 19.1 Å². The second-order valence-electron chi connectivity index (χ2n) is 8.18. The highest BCUT2D eigenvalue weighted by Crippen LogP contribution is 2.23. The number of hydrogen-bond donors (Lipinski definition) is 2. The molecule has 142 valence electrons. The number of amides is 2. The minimum Gasteiger partial charge on any atom is -0.481 e. The Balaban J connectivity index is 1.92. The number of benzene rings is 1.